The topological polar surface area (TPSA) is 103 Å². The minimum absolute atomic E-state index is 0.00733. The van der Waals surface area contributed by atoms with Crippen molar-refractivity contribution in [1.82, 2.24) is 15.3 Å². The molecule has 1 aromatic heterocycles. The molecule has 0 aliphatic heterocycles. The summed E-state index contributed by atoms with van der Waals surface area (Å²) in [6.45, 7) is 3.84. The second kappa shape index (κ2) is 9.72. The zero-order valence-electron chi connectivity index (χ0n) is 15.9. The van der Waals surface area contributed by atoms with Crippen molar-refractivity contribution in [3.05, 3.63) is 35.9 Å². The molecule has 8 heteroatoms. The number of aliphatic hydroxyl groups excluding tert-OH is 1. The fraction of sp³-hybridized carbons (Fsp3) is 0.421. The molecule has 0 aliphatic carbocycles. The van der Waals surface area contributed by atoms with Gasteiger partial charge < -0.3 is 24.6 Å². The number of nitrogens with zero attached hydrogens (tertiary/aromatic N) is 2. The molecular weight excluding hydrogens is 350 g/mol. The third-order valence-corrected chi connectivity index (χ3v) is 4.25. The van der Waals surface area contributed by atoms with Crippen LogP contribution >= 0.6 is 0 Å². The maximum absolute atomic E-state index is 12.7. The number of rotatable bonds is 9. The van der Waals surface area contributed by atoms with Gasteiger partial charge in [0.15, 0.2) is 0 Å². The van der Waals surface area contributed by atoms with Gasteiger partial charge in [-0.15, -0.1) is 0 Å². The van der Waals surface area contributed by atoms with Crippen molar-refractivity contribution < 1.29 is 24.1 Å². The molecule has 8 nitrogen and oxygen atoms in total. The van der Waals surface area contributed by atoms with Crippen LogP contribution in [0, 0.1) is 5.92 Å². The Kier molecular flexibility index (Phi) is 7.36. The highest BCUT2D eigenvalue weighted by Gasteiger charge is 2.21. The van der Waals surface area contributed by atoms with Crippen LogP contribution in [0.5, 0.6) is 23.5 Å². The van der Waals surface area contributed by atoms with E-state index in [9.17, 15) is 9.90 Å². The van der Waals surface area contributed by atoms with Crippen LogP contribution in [0.1, 0.15) is 30.6 Å². The van der Waals surface area contributed by atoms with Crippen molar-refractivity contribution in [1.29, 1.82) is 0 Å². The number of para-hydroxylation sites is 1. The quantitative estimate of drug-likeness (QED) is 0.694. The molecule has 0 bridgehead atoms. The second-order valence-electron chi connectivity index (χ2n) is 5.98. The summed E-state index contributed by atoms with van der Waals surface area (Å²) in [6, 6.07) is 7.90. The number of aromatic nitrogens is 2. The number of amides is 1. The zero-order valence-corrected chi connectivity index (χ0v) is 15.9. The van der Waals surface area contributed by atoms with E-state index >= 15 is 0 Å². The zero-order chi connectivity index (χ0) is 19.8. The van der Waals surface area contributed by atoms with Gasteiger partial charge in [-0.2, -0.15) is 9.97 Å². The third kappa shape index (κ3) is 5.30. The molecule has 2 aromatic rings. The van der Waals surface area contributed by atoms with Crippen LogP contribution in [0.25, 0.3) is 0 Å². The molecule has 1 heterocycles. The fourth-order valence-corrected chi connectivity index (χ4v) is 2.38. The molecule has 2 atom stereocenters. The lowest BCUT2D eigenvalue weighted by Crippen LogP contribution is -2.41. The number of nitrogens with one attached hydrogen (secondary N) is 1. The van der Waals surface area contributed by atoms with Crippen LogP contribution in [-0.2, 0) is 0 Å². The van der Waals surface area contributed by atoms with E-state index in [1.165, 1.54) is 20.3 Å². The van der Waals surface area contributed by atoms with Crippen molar-refractivity contribution in [2.24, 2.45) is 5.92 Å². The SMILES string of the molecule is CCC(C)[C@@H](CO)NC(=O)c1ccccc1Oc1nc(OC)cc(OC)n1. The molecule has 1 unspecified atom stereocenters. The first kappa shape index (κ1) is 20.4. The lowest BCUT2D eigenvalue weighted by atomic mass is 9.99. The van der Waals surface area contributed by atoms with Crippen LogP contribution in [0.15, 0.2) is 30.3 Å². The van der Waals surface area contributed by atoms with E-state index < -0.39 is 0 Å². The number of hydrogen-bond acceptors (Lipinski definition) is 7. The molecule has 2 rings (SSSR count). The number of carbonyl (C=O) groups excluding carboxylic acids is 1. The summed E-state index contributed by atoms with van der Waals surface area (Å²) >= 11 is 0. The van der Waals surface area contributed by atoms with Crippen molar-refractivity contribution in [3.8, 4) is 23.5 Å². The van der Waals surface area contributed by atoms with E-state index in [0.29, 0.717) is 5.56 Å². The fourth-order valence-electron chi connectivity index (χ4n) is 2.38. The van der Waals surface area contributed by atoms with Gasteiger partial charge in [-0.3, -0.25) is 4.79 Å². The van der Waals surface area contributed by atoms with E-state index in [1.54, 1.807) is 24.3 Å². The van der Waals surface area contributed by atoms with Crippen molar-refractivity contribution in [2.45, 2.75) is 26.3 Å². The number of carbonyl (C=O) groups is 1. The largest absolute Gasteiger partial charge is 0.481 e. The molecule has 0 aliphatic rings. The van der Waals surface area contributed by atoms with E-state index in [1.807, 2.05) is 13.8 Å². The second-order valence-corrected chi connectivity index (χ2v) is 5.98. The predicted octanol–water partition coefficient (Wildman–Crippen LogP) is 2.42. The number of benzene rings is 1. The maximum Gasteiger partial charge on any atom is 0.328 e. The first-order valence-corrected chi connectivity index (χ1v) is 8.68. The standard InChI is InChI=1S/C19H25N3O5/c1-5-12(2)14(11-23)20-18(24)13-8-6-7-9-15(13)27-19-21-16(25-3)10-17(22-19)26-4/h6-10,12,14,23H,5,11H2,1-4H3,(H,20,24)/t12?,14-/m1/s1. The molecule has 0 radical (unpaired) electrons. The van der Waals surface area contributed by atoms with E-state index in [4.69, 9.17) is 14.2 Å². The Hall–Kier alpha value is -2.87. The van der Waals surface area contributed by atoms with Gasteiger partial charge in [-0.25, -0.2) is 0 Å². The minimum Gasteiger partial charge on any atom is -0.481 e. The monoisotopic (exact) mass is 375 g/mol. The van der Waals surface area contributed by atoms with E-state index in [-0.39, 0.29) is 48.0 Å². The first-order valence-electron chi connectivity index (χ1n) is 8.68. The molecule has 1 amide bonds. The van der Waals surface area contributed by atoms with Gasteiger partial charge in [-0.1, -0.05) is 32.4 Å². The first-order chi connectivity index (χ1) is 13.0. The van der Waals surface area contributed by atoms with Crippen LogP contribution in [0.2, 0.25) is 0 Å². The molecule has 146 valence electrons. The number of hydrogen-bond donors (Lipinski definition) is 2. The number of ether oxygens (including phenoxy) is 3. The van der Waals surface area contributed by atoms with Gasteiger partial charge in [0, 0.05) is 0 Å². The van der Waals surface area contributed by atoms with Crippen LogP contribution in [0.3, 0.4) is 0 Å². The minimum atomic E-state index is -0.347. The van der Waals surface area contributed by atoms with Gasteiger partial charge in [0.2, 0.25) is 11.8 Å². The van der Waals surface area contributed by atoms with E-state index in [2.05, 4.69) is 15.3 Å². The molecule has 0 fully saturated rings. The molecular formula is C19H25N3O5. The third-order valence-electron chi connectivity index (χ3n) is 4.25. The smallest absolute Gasteiger partial charge is 0.328 e. The summed E-state index contributed by atoms with van der Waals surface area (Å²) in [5.74, 6) is 0.621. The molecule has 0 spiro atoms. The number of methoxy groups -OCH3 is 2. The highest BCUT2D eigenvalue weighted by Crippen LogP contribution is 2.26. The normalized spacial score (nSPS) is 12.8. The summed E-state index contributed by atoms with van der Waals surface area (Å²) in [6.07, 6.45) is 0.834. The summed E-state index contributed by atoms with van der Waals surface area (Å²) < 4.78 is 15.9. The molecule has 0 saturated heterocycles. The maximum atomic E-state index is 12.7. The molecule has 2 N–H and O–H groups in total. The van der Waals surface area contributed by atoms with Gasteiger partial charge in [0.1, 0.15) is 5.75 Å². The summed E-state index contributed by atoms with van der Waals surface area (Å²) in [5.41, 5.74) is 0.310. The Morgan fingerprint density at radius 3 is 2.37 bits per heavy atom. The highest BCUT2D eigenvalue weighted by atomic mass is 16.5. The molecule has 27 heavy (non-hydrogen) atoms. The van der Waals surface area contributed by atoms with Crippen LogP contribution in [0.4, 0.5) is 0 Å². The number of aliphatic hydroxyl groups is 1. The average molecular weight is 375 g/mol. The lowest BCUT2D eigenvalue weighted by Gasteiger charge is -2.22. The van der Waals surface area contributed by atoms with Crippen molar-refractivity contribution >= 4 is 5.91 Å². The Morgan fingerprint density at radius 1 is 1.19 bits per heavy atom. The molecule has 1 aromatic carbocycles. The average Bonchev–Trinajstić information content (AvgIpc) is 2.71. The van der Waals surface area contributed by atoms with Crippen LogP contribution < -0.4 is 19.5 Å². The van der Waals surface area contributed by atoms with Gasteiger partial charge in [-0.05, 0) is 18.1 Å². The highest BCUT2D eigenvalue weighted by molar-refractivity contribution is 5.97. The lowest BCUT2D eigenvalue weighted by molar-refractivity contribution is 0.0889. The Balaban J connectivity index is 2.26. The van der Waals surface area contributed by atoms with Gasteiger partial charge >= 0.3 is 6.01 Å². The van der Waals surface area contributed by atoms with E-state index in [0.717, 1.165) is 6.42 Å². The Morgan fingerprint density at radius 2 is 1.81 bits per heavy atom. The predicted molar refractivity (Wildman–Crippen MR) is 99.4 cm³/mol. The Bertz CT molecular complexity index is 747. The Labute approximate surface area is 158 Å². The van der Waals surface area contributed by atoms with Gasteiger partial charge in [0.25, 0.3) is 5.91 Å². The van der Waals surface area contributed by atoms with Crippen molar-refractivity contribution in [3.63, 3.8) is 0 Å². The van der Waals surface area contributed by atoms with Gasteiger partial charge in [0.05, 0.1) is 38.5 Å². The summed E-state index contributed by atoms with van der Waals surface area (Å²) in [5, 5.41) is 12.4. The van der Waals surface area contributed by atoms with Crippen molar-refractivity contribution in [2.75, 3.05) is 20.8 Å². The summed E-state index contributed by atoms with van der Waals surface area (Å²) in [7, 11) is 2.94. The van der Waals surface area contributed by atoms with Crippen LogP contribution in [-0.4, -0.2) is 47.8 Å². The summed E-state index contributed by atoms with van der Waals surface area (Å²) in [4.78, 5) is 20.9. The molecule has 0 saturated carbocycles.